The van der Waals surface area contributed by atoms with Gasteiger partial charge in [0.05, 0.1) is 16.2 Å². The van der Waals surface area contributed by atoms with Crippen molar-refractivity contribution in [3.8, 4) is 0 Å². The van der Waals surface area contributed by atoms with Crippen LogP contribution in [-0.2, 0) is 17.8 Å². The van der Waals surface area contributed by atoms with Crippen molar-refractivity contribution in [1.82, 2.24) is 4.98 Å². The van der Waals surface area contributed by atoms with Gasteiger partial charge >= 0.3 is 0 Å². The van der Waals surface area contributed by atoms with Crippen LogP contribution in [0.2, 0.25) is 0 Å². The van der Waals surface area contributed by atoms with E-state index in [1.165, 1.54) is 0 Å². The molecule has 0 atom stereocenters. The number of aryl methyl sites for hydroxylation is 1. The third-order valence-electron chi connectivity index (χ3n) is 2.32. The highest BCUT2D eigenvalue weighted by Crippen LogP contribution is 2.32. The summed E-state index contributed by atoms with van der Waals surface area (Å²) in [7, 11) is 0. The van der Waals surface area contributed by atoms with E-state index in [1.807, 2.05) is 25.6 Å². The quantitative estimate of drug-likeness (QED) is 0.851. The molecule has 0 saturated heterocycles. The number of nitrogens with zero attached hydrogens (tertiary/aromatic N) is 1. The number of aromatic nitrogens is 1. The van der Waals surface area contributed by atoms with Gasteiger partial charge in [-0.25, -0.2) is 4.98 Å². The summed E-state index contributed by atoms with van der Waals surface area (Å²) in [4.78, 5) is 5.72. The monoisotopic (exact) mass is 273 g/mol. The summed E-state index contributed by atoms with van der Waals surface area (Å²) in [6.07, 6.45) is 2.03. The molecule has 1 aromatic heterocycles. The van der Waals surface area contributed by atoms with Crippen LogP contribution in [0.25, 0.3) is 0 Å². The highest BCUT2D eigenvalue weighted by Gasteiger charge is 2.24. The van der Waals surface area contributed by atoms with E-state index in [0.29, 0.717) is 5.25 Å². The Balaban J connectivity index is 2.88. The van der Waals surface area contributed by atoms with Crippen LogP contribution >= 0.6 is 23.1 Å². The van der Waals surface area contributed by atoms with Crippen molar-refractivity contribution in [2.75, 3.05) is 0 Å². The van der Waals surface area contributed by atoms with Crippen molar-refractivity contribution >= 4 is 23.1 Å². The van der Waals surface area contributed by atoms with Gasteiger partial charge in [0.15, 0.2) is 0 Å². The first-order valence-corrected chi connectivity index (χ1v) is 8.04. The number of rotatable bonds is 6. The number of thioether (sulfide) groups is 1. The van der Waals surface area contributed by atoms with Gasteiger partial charge in [-0.15, -0.1) is 11.3 Å². The average molecular weight is 273 g/mol. The Bertz CT molecular complexity index is 353. The van der Waals surface area contributed by atoms with Crippen LogP contribution in [0.3, 0.4) is 0 Å². The molecule has 0 spiro atoms. The van der Waals surface area contributed by atoms with Crippen molar-refractivity contribution < 1.29 is 5.11 Å². The molecule has 17 heavy (non-hydrogen) atoms. The number of hydrogen-bond acceptors (Lipinski definition) is 4. The zero-order valence-electron chi connectivity index (χ0n) is 11.4. The molecule has 0 aliphatic heterocycles. The van der Waals surface area contributed by atoms with Gasteiger partial charge in [0.2, 0.25) is 0 Å². The SMILES string of the molecule is CCCc1nc(CSC(C)C)sc1C(C)(C)O. The van der Waals surface area contributed by atoms with Crippen molar-refractivity contribution in [3.05, 3.63) is 15.6 Å². The number of hydrogen-bond donors (Lipinski definition) is 1. The van der Waals surface area contributed by atoms with E-state index in [2.05, 4.69) is 25.8 Å². The van der Waals surface area contributed by atoms with Gasteiger partial charge in [-0.2, -0.15) is 11.8 Å². The first-order valence-electron chi connectivity index (χ1n) is 6.17. The molecule has 98 valence electrons. The predicted octanol–water partition coefficient (Wildman–Crippen LogP) is 3.96. The molecule has 1 rings (SSSR count). The van der Waals surface area contributed by atoms with Crippen LogP contribution in [0, 0.1) is 0 Å². The molecule has 0 unspecified atom stereocenters. The van der Waals surface area contributed by atoms with Gasteiger partial charge in [0.1, 0.15) is 5.01 Å². The minimum absolute atomic E-state index is 0.624. The lowest BCUT2D eigenvalue weighted by atomic mass is 10.0. The fraction of sp³-hybridized carbons (Fsp3) is 0.769. The summed E-state index contributed by atoms with van der Waals surface area (Å²) in [6.45, 7) is 10.2. The standard InChI is InChI=1S/C13H23NOS2/c1-6-7-10-12(13(4,5)15)17-11(14-10)8-16-9(2)3/h9,15H,6-8H2,1-5H3. The zero-order valence-corrected chi connectivity index (χ0v) is 13.0. The molecular weight excluding hydrogens is 250 g/mol. The topological polar surface area (TPSA) is 33.1 Å². The fourth-order valence-electron chi connectivity index (χ4n) is 1.58. The molecule has 1 N–H and O–H groups in total. The van der Waals surface area contributed by atoms with Crippen molar-refractivity contribution in [1.29, 1.82) is 0 Å². The second-order valence-corrected chi connectivity index (χ2v) is 7.70. The molecule has 4 heteroatoms. The Kier molecular flexibility index (Phi) is 5.48. The molecule has 0 aromatic carbocycles. The van der Waals surface area contributed by atoms with Gasteiger partial charge in [-0.05, 0) is 25.5 Å². The second-order valence-electron chi connectivity index (χ2n) is 5.05. The molecule has 2 nitrogen and oxygen atoms in total. The zero-order chi connectivity index (χ0) is 13.1. The summed E-state index contributed by atoms with van der Waals surface area (Å²) >= 11 is 3.57. The molecule has 0 bridgehead atoms. The largest absolute Gasteiger partial charge is 0.385 e. The lowest BCUT2D eigenvalue weighted by Gasteiger charge is -2.16. The normalized spacial score (nSPS) is 12.4. The maximum Gasteiger partial charge on any atom is 0.103 e. The Labute approximate surface area is 113 Å². The van der Waals surface area contributed by atoms with E-state index < -0.39 is 5.60 Å². The fourth-order valence-corrected chi connectivity index (χ4v) is 3.47. The summed E-state index contributed by atoms with van der Waals surface area (Å²) in [5.74, 6) is 0.953. The van der Waals surface area contributed by atoms with Gasteiger partial charge < -0.3 is 5.11 Å². The average Bonchev–Trinajstić information content (AvgIpc) is 2.58. The van der Waals surface area contributed by atoms with E-state index in [9.17, 15) is 5.11 Å². The maximum absolute atomic E-state index is 10.2. The molecule has 0 aliphatic rings. The van der Waals surface area contributed by atoms with Crippen molar-refractivity contribution in [2.24, 2.45) is 0 Å². The van der Waals surface area contributed by atoms with Gasteiger partial charge in [0.25, 0.3) is 0 Å². The lowest BCUT2D eigenvalue weighted by molar-refractivity contribution is 0.0813. The summed E-state index contributed by atoms with van der Waals surface area (Å²) < 4.78 is 0. The first-order chi connectivity index (χ1) is 7.84. The summed E-state index contributed by atoms with van der Waals surface area (Å²) in [5, 5.41) is 11.9. The maximum atomic E-state index is 10.2. The van der Waals surface area contributed by atoms with Crippen LogP contribution in [0.15, 0.2) is 0 Å². The Morgan fingerprint density at radius 3 is 2.53 bits per heavy atom. The van der Waals surface area contributed by atoms with E-state index in [0.717, 1.165) is 34.2 Å². The first kappa shape index (κ1) is 15.0. The Morgan fingerprint density at radius 1 is 1.41 bits per heavy atom. The molecule has 0 radical (unpaired) electrons. The smallest absolute Gasteiger partial charge is 0.103 e. The van der Waals surface area contributed by atoms with E-state index in [-0.39, 0.29) is 0 Å². The molecule has 0 fully saturated rings. The van der Waals surface area contributed by atoms with E-state index in [4.69, 9.17) is 0 Å². The minimum atomic E-state index is -0.761. The highest BCUT2D eigenvalue weighted by atomic mass is 32.2. The van der Waals surface area contributed by atoms with Crippen LogP contribution in [0.4, 0.5) is 0 Å². The van der Waals surface area contributed by atoms with Crippen LogP contribution in [-0.4, -0.2) is 15.3 Å². The predicted molar refractivity (Wildman–Crippen MR) is 77.8 cm³/mol. The Morgan fingerprint density at radius 2 is 2.06 bits per heavy atom. The summed E-state index contributed by atoms with van der Waals surface area (Å²) in [5.41, 5.74) is 0.326. The number of thiazole rings is 1. The molecular formula is C13H23NOS2. The molecule has 1 heterocycles. The minimum Gasteiger partial charge on any atom is -0.385 e. The summed E-state index contributed by atoms with van der Waals surface area (Å²) in [6, 6.07) is 0. The third kappa shape index (κ3) is 4.60. The van der Waals surface area contributed by atoms with Gasteiger partial charge in [-0.3, -0.25) is 0 Å². The molecule has 0 aliphatic carbocycles. The molecule has 0 amide bonds. The lowest BCUT2D eigenvalue weighted by Crippen LogP contribution is -2.15. The van der Waals surface area contributed by atoms with Crippen molar-refractivity contribution in [3.63, 3.8) is 0 Å². The molecule has 0 saturated carbocycles. The van der Waals surface area contributed by atoms with E-state index in [1.54, 1.807) is 11.3 Å². The van der Waals surface area contributed by atoms with Crippen LogP contribution in [0.5, 0.6) is 0 Å². The van der Waals surface area contributed by atoms with Gasteiger partial charge in [0, 0.05) is 5.75 Å². The van der Waals surface area contributed by atoms with Gasteiger partial charge in [-0.1, -0.05) is 27.2 Å². The van der Waals surface area contributed by atoms with Crippen molar-refractivity contribution in [2.45, 2.75) is 64.1 Å². The Hall–Kier alpha value is -0.0600. The third-order valence-corrected chi connectivity index (χ3v) is 5.02. The highest BCUT2D eigenvalue weighted by molar-refractivity contribution is 7.99. The van der Waals surface area contributed by atoms with Crippen LogP contribution in [0.1, 0.15) is 56.6 Å². The number of aliphatic hydroxyl groups is 1. The van der Waals surface area contributed by atoms with E-state index >= 15 is 0 Å². The van der Waals surface area contributed by atoms with Crippen LogP contribution < -0.4 is 0 Å². The molecule has 1 aromatic rings. The second kappa shape index (κ2) is 6.21.